The summed E-state index contributed by atoms with van der Waals surface area (Å²) in [5.74, 6) is 0.348. The molecule has 2 aliphatic heterocycles. The average Bonchev–Trinajstić information content (AvgIpc) is 2.86. The topological polar surface area (TPSA) is 33.7 Å². The van der Waals surface area contributed by atoms with Crippen molar-refractivity contribution >= 4 is 24.8 Å². The zero-order valence-corrected chi connectivity index (χ0v) is 15.9. The number of unbranched alkanes of at least 4 members (excludes halogenated alkanes) is 2. The van der Waals surface area contributed by atoms with Crippen molar-refractivity contribution < 1.29 is 18.3 Å². The lowest BCUT2D eigenvalue weighted by atomic mass is 9.97. The number of para-hydroxylation sites is 1. The SMILES string of the molecule is CCCCC[C@H](c1cccc2c1OC(F)(F)O2)N1CCNCC1.Cl.Cl. The Morgan fingerprint density at radius 3 is 2.56 bits per heavy atom. The van der Waals surface area contributed by atoms with Crippen LogP contribution in [0.2, 0.25) is 0 Å². The summed E-state index contributed by atoms with van der Waals surface area (Å²) in [6.07, 6.45) is 0.741. The van der Waals surface area contributed by atoms with Gasteiger partial charge in [-0.2, -0.15) is 0 Å². The first-order chi connectivity index (χ1) is 11.1. The Bertz CT molecular complexity index is 543. The van der Waals surface area contributed by atoms with Crippen LogP contribution in [0.15, 0.2) is 18.2 Å². The highest BCUT2D eigenvalue weighted by Crippen LogP contribution is 2.47. The number of rotatable bonds is 6. The van der Waals surface area contributed by atoms with Gasteiger partial charge in [0.05, 0.1) is 0 Å². The lowest BCUT2D eigenvalue weighted by Gasteiger charge is -2.35. The molecule has 1 aromatic rings. The third-order valence-electron chi connectivity index (χ3n) is 4.49. The Balaban J connectivity index is 0.00000156. The average molecular weight is 399 g/mol. The molecular weight excluding hydrogens is 373 g/mol. The molecule has 0 saturated carbocycles. The summed E-state index contributed by atoms with van der Waals surface area (Å²) in [5, 5.41) is 3.34. The van der Waals surface area contributed by atoms with E-state index in [4.69, 9.17) is 4.74 Å². The van der Waals surface area contributed by atoms with Crippen LogP contribution in [0.1, 0.15) is 44.2 Å². The summed E-state index contributed by atoms with van der Waals surface area (Å²) < 4.78 is 36.3. The van der Waals surface area contributed by atoms with E-state index >= 15 is 0 Å². The maximum Gasteiger partial charge on any atom is 0.586 e. The van der Waals surface area contributed by atoms with Gasteiger partial charge in [0.25, 0.3) is 0 Å². The number of ether oxygens (including phenoxy) is 2. The number of benzene rings is 1. The maximum absolute atomic E-state index is 13.5. The Labute approximate surface area is 160 Å². The number of hydrogen-bond acceptors (Lipinski definition) is 4. The highest BCUT2D eigenvalue weighted by atomic mass is 35.5. The van der Waals surface area contributed by atoms with E-state index in [1.54, 1.807) is 12.1 Å². The van der Waals surface area contributed by atoms with Gasteiger partial charge in [-0.15, -0.1) is 33.6 Å². The summed E-state index contributed by atoms with van der Waals surface area (Å²) in [6.45, 7) is 5.84. The third-order valence-corrected chi connectivity index (χ3v) is 4.49. The van der Waals surface area contributed by atoms with Gasteiger partial charge in [0.15, 0.2) is 11.5 Å². The van der Waals surface area contributed by atoms with Crippen molar-refractivity contribution in [2.75, 3.05) is 26.2 Å². The third kappa shape index (κ3) is 5.33. The van der Waals surface area contributed by atoms with Crippen LogP contribution in [0, 0.1) is 0 Å². The highest BCUT2D eigenvalue weighted by molar-refractivity contribution is 5.85. The molecule has 0 spiro atoms. The number of nitrogens with zero attached hydrogens (tertiary/aromatic N) is 1. The minimum absolute atomic E-state index is 0. The van der Waals surface area contributed by atoms with E-state index in [0.717, 1.165) is 57.4 Å². The van der Waals surface area contributed by atoms with Gasteiger partial charge in [0, 0.05) is 37.8 Å². The zero-order valence-electron chi connectivity index (χ0n) is 14.3. The van der Waals surface area contributed by atoms with Crippen molar-refractivity contribution in [2.45, 2.75) is 44.9 Å². The molecule has 8 heteroatoms. The van der Waals surface area contributed by atoms with Crippen molar-refractivity contribution in [3.63, 3.8) is 0 Å². The summed E-state index contributed by atoms with van der Waals surface area (Å²) in [7, 11) is 0. The van der Waals surface area contributed by atoms with Crippen LogP contribution >= 0.6 is 24.8 Å². The fourth-order valence-corrected chi connectivity index (χ4v) is 3.37. The van der Waals surface area contributed by atoms with Gasteiger partial charge in [-0.05, 0) is 12.5 Å². The van der Waals surface area contributed by atoms with Crippen molar-refractivity contribution in [3.05, 3.63) is 23.8 Å². The molecule has 25 heavy (non-hydrogen) atoms. The fraction of sp³-hybridized carbons (Fsp3) is 0.647. The van der Waals surface area contributed by atoms with Crippen LogP contribution < -0.4 is 14.8 Å². The standard InChI is InChI=1S/C17H24F2N2O2.2ClH/c1-2-3-4-7-14(21-11-9-20-10-12-21)13-6-5-8-15-16(13)23-17(18,19)22-15;;/h5-6,8,14,20H,2-4,7,9-12H2,1H3;2*1H/t14-;;/m1../s1. The van der Waals surface area contributed by atoms with Crippen molar-refractivity contribution in [1.29, 1.82) is 0 Å². The molecule has 1 atom stereocenters. The number of fused-ring (bicyclic) bond motifs is 1. The molecule has 0 radical (unpaired) electrons. The Kier molecular flexibility index (Phi) is 8.68. The number of halogens is 4. The van der Waals surface area contributed by atoms with E-state index in [9.17, 15) is 8.78 Å². The van der Waals surface area contributed by atoms with Gasteiger partial charge in [0.2, 0.25) is 0 Å². The first-order valence-electron chi connectivity index (χ1n) is 8.44. The highest BCUT2D eigenvalue weighted by Gasteiger charge is 2.45. The minimum Gasteiger partial charge on any atom is -0.395 e. The number of hydrogen-bond donors (Lipinski definition) is 1. The van der Waals surface area contributed by atoms with E-state index < -0.39 is 6.29 Å². The van der Waals surface area contributed by atoms with Crippen LogP contribution in [-0.4, -0.2) is 37.4 Å². The Hall–Kier alpha value is -0.820. The Morgan fingerprint density at radius 2 is 1.88 bits per heavy atom. The lowest BCUT2D eigenvalue weighted by Crippen LogP contribution is -2.45. The first-order valence-corrected chi connectivity index (χ1v) is 8.44. The van der Waals surface area contributed by atoms with Gasteiger partial charge in [-0.1, -0.05) is 38.3 Å². The molecule has 4 nitrogen and oxygen atoms in total. The molecule has 1 fully saturated rings. The van der Waals surface area contributed by atoms with Gasteiger partial charge >= 0.3 is 6.29 Å². The van der Waals surface area contributed by atoms with E-state index in [2.05, 4.69) is 21.9 Å². The fourth-order valence-electron chi connectivity index (χ4n) is 3.37. The lowest BCUT2D eigenvalue weighted by molar-refractivity contribution is -0.287. The second-order valence-electron chi connectivity index (χ2n) is 6.14. The molecule has 2 heterocycles. The van der Waals surface area contributed by atoms with Gasteiger partial charge in [-0.25, -0.2) is 0 Å². The van der Waals surface area contributed by atoms with Crippen LogP contribution in [0.4, 0.5) is 8.78 Å². The summed E-state index contributed by atoms with van der Waals surface area (Å²) in [6, 6.07) is 5.30. The molecule has 0 amide bonds. The molecule has 3 rings (SSSR count). The predicted molar refractivity (Wildman–Crippen MR) is 98.5 cm³/mol. The molecule has 1 N–H and O–H groups in total. The zero-order chi connectivity index (χ0) is 16.3. The quantitative estimate of drug-likeness (QED) is 0.720. The van der Waals surface area contributed by atoms with Crippen LogP contribution in [0.5, 0.6) is 11.5 Å². The molecule has 1 aromatic carbocycles. The molecule has 2 aliphatic rings. The molecule has 144 valence electrons. The molecular formula is C17H26Cl2F2N2O2. The molecule has 0 aliphatic carbocycles. The number of nitrogens with one attached hydrogen (secondary N) is 1. The van der Waals surface area contributed by atoms with E-state index in [1.165, 1.54) is 0 Å². The van der Waals surface area contributed by atoms with Crippen LogP contribution in [0.3, 0.4) is 0 Å². The monoisotopic (exact) mass is 398 g/mol. The molecule has 0 bridgehead atoms. The maximum atomic E-state index is 13.5. The molecule has 0 unspecified atom stereocenters. The van der Waals surface area contributed by atoms with Crippen molar-refractivity contribution in [3.8, 4) is 11.5 Å². The van der Waals surface area contributed by atoms with Crippen molar-refractivity contribution in [1.82, 2.24) is 10.2 Å². The minimum atomic E-state index is -3.56. The van der Waals surface area contributed by atoms with Crippen LogP contribution in [0.25, 0.3) is 0 Å². The second kappa shape index (κ2) is 9.76. The van der Waals surface area contributed by atoms with Crippen molar-refractivity contribution in [2.24, 2.45) is 0 Å². The van der Waals surface area contributed by atoms with E-state index in [-0.39, 0.29) is 42.4 Å². The van der Waals surface area contributed by atoms with Gasteiger partial charge < -0.3 is 14.8 Å². The van der Waals surface area contributed by atoms with E-state index in [0.29, 0.717) is 0 Å². The summed E-state index contributed by atoms with van der Waals surface area (Å²) >= 11 is 0. The number of piperazine rings is 1. The summed E-state index contributed by atoms with van der Waals surface area (Å²) in [4.78, 5) is 2.36. The van der Waals surface area contributed by atoms with Gasteiger partial charge in [-0.3, -0.25) is 4.90 Å². The van der Waals surface area contributed by atoms with E-state index in [1.807, 2.05) is 6.07 Å². The van der Waals surface area contributed by atoms with Gasteiger partial charge in [0.1, 0.15) is 0 Å². The molecule has 0 aromatic heterocycles. The second-order valence-corrected chi connectivity index (χ2v) is 6.14. The smallest absolute Gasteiger partial charge is 0.395 e. The number of alkyl halides is 2. The Morgan fingerprint density at radius 1 is 1.16 bits per heavy atom. The largest absolute Gasteiger partial charge is 0.586 e. The predicted octanol–water partition coefficient (Wildman–Crippen LogP) is 4.38. The van der Waals surface area contributed by atoms with Crippen LogP contribution in [-0.2, 0) is 0 Å². The molecule has 1 saturated heterocycles. The normalized spacial score (nSPS) is 19.6. The summed E-state index contributed by atoms with van der Waals surface area (Å²) in [5.41, 5.74) is 0.817. The first kappa shape index (κ1) is 22.2.